The number of phenolic OH excluding ortho intramolecular Hbond substituents is 1. The molecule has 0 spiro atoms. The van der Waals surface area contributed by atoms with Gasteiger partial charge in [-0.05, 0) is 54.0 Å². The van der Waals surface area contributed by atoms with E-state index in [0.29, 0.717) is 13.0 Å². The summed E-state index contributed by atoms with van der Waals surface area (Å²) in [5.41, 5.74) is 2.40. The number of aliphatic hydroxyl groups is 3. The predicted octanol–water partition coefficient (Wildman–Crippen LogP) is 4.70. The van der Waals surface area contributed by atoms with E-state index in [9.17, 15) is 30.0 Å². The van der Waals surface area contributed by atoms with Crippen molar-refractivity contribution in [1.29, 1.82) is 0 Å². The van der Waals surface area contributed by atoms with E-state index in [2.05, 4.69) is 22.0 Å². The van der Waals surface area contributed by atoms with Crippen molar-refractivity contribution in [2.45, 2.75) is 140 Å². The second-order valence-corrected chi connectivity index (χ2v) is 17.4. The minimum atomic E-state index is -1.55. The lowest BCUT2D eigenvalue weighted by Crippen LogP contribution is -2.61. The summed E-state index contributed by atoms with van der Waals surface area (Å²) in [6.07, 6.45) is -3.29. The minimum absolute atomic E-state index is 0.00165. The number of phenols is 1. The predicted molar refractivity (Wildman–Crippen MR) is 243 cm³/mol. The molecule has 7 N–H and O–H groups in total. The monoisotopic (exact) mass is 931 g/mol. The maximum Gasteiger partial charge on any atom is 0.408 e. The normalized spacial score (nSPS) is 32.7. The first-order valence-electron chi connectivity index (χ1n) is 23.2. The molecule has 0 bridgehead atoms. The van der Waals surface area contributed by atoms with Crippen LogP contribution in [0.15, 0.2) is 109 Å². The van der Waals surface area contributed by atoms with Crippen LogP contribution in [-0.2, 0) is 57.7 Å². The van der Waals surface area contributed by atoms with E-state index < -0.39 is 92.5 Å². The standard InChI is InChI=1S/C50H65N3O14/c1-4-34-19-20-36(5-2)62-46(34)65-43-30(3)23-39(51-25-33-17-12-18-35(55)24-33)41(56)45(43)67-48-42(57)44(40(27-54)64-48)66-47-38(53-50(59)61-29-32-15-10-7-11-16-32)22-21-37(63-47)26-52-49(58)60-28-31-13-8-6-9-14-31/h6-22,24,30,34,36-48,51,54-57H,4-5,23,25-29H2,1-3H3,(H,52,58)(H,53,59). The number of aliphatic hydroxyl groups excluding tert-OH is 3. The van der Waals surface area contributed by atoms with E-state index in [1.165, 1.54) is 0 Å². The number of nitrogens with one attached hydrogen (secondary N) is 3. The molecule has 1 aliphatic carbocycles. The Bertz CT molecular complexity index is 2060. The van der Waals surface area contributed by atoms with Gasteiger partial charge in [0, 0.05) is 18.5 Å². The van der Waals surface area contributed by atoms with Crippen LogP contribution >= 0.6 is 0 Å². The van der Waals surface area contributed by atoms with E-state index >= 15 is 0 Å². The minimum Gasteiger partial charge on any atom is -0.508 e. The fraction of sp³-hybridized carbons (Fsp3) is 0.520. The molecule has 3 aliphatic heterocycles. The van der Waals surface area contributed by atoms with Crippen molar-refractivity contribution in [1.82, 2.24) is 16.0 Å². The summed E-state index contributed by atoms with van der Waals surface area (Å²) in [7, 11) is 0. The van der Waals surface area contributed by atoms with Gasteiger partial charge in [-0.3, -0.25) is 0 Å². The van der Waals surface area contributed by atoms with Crippen molar-refractivity contribution in [3.8, 4) is 5.75 Å². The van der Waals surface area contributed by atoms with Crippen molar-refractivity contribution in [3.05, 3.63) is 126 Å². The number of ether oxygens (including phenoxy) is 8. The fourth-order valence-electron chi connectivity index (χ4n) is 8.72. The van der Waals surface area contributed by atoms with Crippen LogP contribution in [0.25, 0.3) is 0 Å². The second-order valence-electron chi connectivity index (χ2n) is 17.4. The number of carbonyl (C=O) groups is 2. The van der Waals surface area contributed by atoms with Gasteiger partial charge in [0.25, 0.3) is 0 Å². The van der Waals surface area contributed by atoms with Gasteiger partial charge in [-0.1, -0.05) is 118 Å². The molecule has 15 unspecified atom stereocenters. The van der Waals surface area contributed by atoms with Gasteiger partial charge in [-0.25, -0.2) is 9.59 Å². The molecule has 1 saturated heterocycles. The Morgan fingerprint density at radius 1 is 0.687 bits per heavy atom. The van der Waals surface area contributed by atoms with Gasteiger partial charge >= 0.3 is 12.2 Å². The highest BCUT2D eigenvalue weighted by atomic mass is 16.8. The summed E-state index contributed by atoms with van der Waals surface area (Å²) in [5.74, 6) is -0.129. The average Bonchev–Trinajstić information content (AvgIpc) is 3.64. The molecule has 67 heavy (non-hydrogen) atoms. The number of benzene rings is 3. The van der Waals surface area contributed by atoms with Crippen LogP contribution in [-0.4, -0.2) is 126 Å². The number of rotatable bonds is 19. The Morgan fingerprint density at radius 3 is 2.00 bits per heavy atom. The van der Waals surface area contributed by atoms with Crippen molar-refractivity contribution in [2.24, 2.45) is 11.8 Å². The quantitative estimate of drug-likeness (QED) is 0.0810. The lowest BCUT2D eigenvalue weighted by Gasteiger charge is -2.46. The molecule has 2 fully saturated rings. The summed E-state index contributed by atoms with van der Waals surface area (Å²) in [5, 5.41) is 53.7. The van der Waals surface area contributed by atoms with E-state index in [-0.39, 0.29) is 43.4 Å². The maximum atomic E-state index is 13.1. The molecule has 4 aliphatic rings. The summed E-state index contributed by atoms with van der Waals surface area (Å²) in [6.45, 7) is 5.84. The molecule has 0 radical (unpaired) electrons. The molecule has 7 rings (SSSR count). The van der Waals surface area contributed by atoms with Crippen molar-refractivity contribution in [3.63, 3.8) is 0 Å². The Hall–Kier alpha value is -4.92. The van der Waals surface area contributed by atoms with E-state index in [1.54, 1.807) is 30.4 Å². The van der Waals surface area contributed by atoms with Gasteiger partial charge < -0.3 is 74.3 Å². The van der Waals surface area contributed by atoms with Crippen molar-refractivity contribution in [2.75, 3.05) is 13.2 Å². The molecule has 3 heterocycles. The van der Waals surface area contributed by atoms with Crippen LogP contribution in [0.1, 0.15) is 56.7 Å². The lowest BCUT2D eigenvalue weighted by atomic mass is 9.79. The summed E-state index contributed by atoms with van der Waals surface area (Å²) in [6, 6.07) is 23.8. The van der Waals surface area contributed by atoms with Crippen LogP contribution in [0.5, 0.6) is 5.75 Å². The summed E-state index contributed by atoms with van der Waals surface area (Å²) < 4.78 is 49.4. The summed E-state index contributed by atoms with van der Waals surface area (Å²) in [4.78, 5) is 25.8. The number of carbonyl (C=O) groups excluding carboxylic acids is 2. The molecule has 3 aromatic rings. The number of alkyl carbamates (subject to hydrolysis) is 2. The van der Waals surface area contributed by atoms with Crippen LogP contribution in [0.3, 0.4) is 0 Å². The van der Waals surface area contributed by atoms with E-state index in [0.717, 1.165) is 29.5 Å². The summed E-state index contributed by atoms with van der Waals surface area (Å²) >= 11 is 0. The van der Waals surface area contributed by atoms with Crippen molar-refractivity contribution < 1.29 is 67.9 Å². The molecule has 1 saturated carbocycles. The highest BCUT2D eigenvalue weighted by Crippen LogP contribution is 2.37. The van der Waals surface area contributed by atoms with Gasteiger partial charge in [-0.2, -0.15) is 0 Å². The highest BCUT2D eigenvalue weighted by molar-refractivity contribution is 5.68. The van der Waals surface area contributed by atoms with Crippen molar-refractivity contribution >= 4 is 12.2 Å². The zero-order chi connectivity index (χ0) is 47.3. The first-order chi connectivity index (χ1) is 32.5. The second kappa shape index (κ2) is 24.4. The first kappa shape index (κ1) is 50.0. The third-order valence-electron chi connectivity index (χ3n) is 12.5. The number of amides is 2. The van der Waals surface area contributed by atoms with Gasteiger partial charge in [0.1, 0.15) is 49.4 Å². The lowest BCUT2D eigenvalue weighted by molar-refractivity contribution is -0.291. The molecule has 0 aromatic heterocycles. The maximum absolute atomic E-state index is 13.1. The zero-order valence-electron chi connectivity index (χ0n) is 38.1. The Kier molecular flexibility index (Phi) is 18.2. The SMILES string of the molecule is CCC1C=CC(CC)C(OC2C(C)CC(NCc3cccc(O)c3)C(O)C2OC2OC(CO)C(OC3OC(CNC(=O)OCc4ccccc4)C=CC3NC(=O)OCc3ccccc3)C2O)O1. The largest absolute Gasteiger partial charge is 0.508 e. The Balaban J connectivity index is 1.06. The number of hydrogen-bond donors (Lipinski definition) is 7. The van der Waals surface area contributed by atoms with E-state index in [4.69, 9.17) is 37.9 Å². The number of aromatic hydroxyl groups is 1. The molecule has 2 amide bonds. The van der Waals surface area contributed by atoms with E-state index in [1.807, 2.05) is 93.6 Å². The first-order valence-corrected chi connectivity index (χ1v) is 23.2. The molecule has 17 heteroatoms. The topological polar surface area (TPSA) is 225 Å². The zero-order valence-corrected chi connectivity index (χ0v) is 38.1. The van der Waals surface area contributed by atoms with Gasteiger partial charge in [-0.15, -0.1) is 0 Å². The van der Waals surface area contributed by atoms with Crippen LogP contribution < -0.4 is 16.0 Å². The Morgan fingerprint density at radius 2 is 1.33 bits per heavy atom. The molecule has 17 nitrogen and oxygen atoms in total. The molecule has 3 aromatic carbocycles. The van der Waals surface area contributed by atoms with Crippen LogP contribution in [0, 0.1) is 11.8 Å². The fourth-order valence-corrected chi connectivity index (χ4v) is 8.72. The molecule has 364 valence electrons. The average molecular weight is 932 g/mol. The third kappa shape index (κ3) is 13.6. The number of hydrogen-bond acceptors (Lipinski definition) is 15. The molecular formula is C50H65N3O14. The van der Waals surface area contributed by atoms with Gasteiger partial charge in [0.05, 0.1) is 37.6 Å². The van der Waals surface area contributed by atoms with Gasteiger partial charge in [0.15, 0.2) is 18.9 Å². The Labute approximate surface area is 391 Å². The molecule has 15 atom stereocenters. The van der Waals surface area contributed by atoms with Crippen LogP contribution in [0.2, 0.25) is 0 Å². The third-order valence-corrected chi connectivity index (χ3v) is 12.5. The van der Waals surface area contributed by atoms with Gasteiger partial charge in [0.2, 0.25) is 0 Å². The highest BCUT2D eigenvalue weighted by Gasteiger charge is 2.53. The van der Waals surface area contributed by atoms with Crippen LogP contribution in [0.4, 0.5) is 9.59 Å². The smallest absolute Gasteiger partial charge is 0.408 e. The molecular weight excluding hydrogens is 867 g/mol.